The van der Waals surface area contributed by atoms with Crippen molar-refractivity contribution in [1.82, 2.24) is 9.80 Å². The normalized spacial score (nSPS) is 13.4. The SMILES string of the molecule is CC(C)(C)CN(CCN(CCC(CC(=O)OC(C)(C)C)CC(=O)OC(C)(C)C)CC(=O)O)CC(C)(C)C. The molecule has 0 atom stereocenters. The van der Waals surface area contributed by atoms with Crippen molar-refractivity contribution in [2.24, 2.45) is 16.7 Å². The number of carboxylic acid groups (broad SMARTS) is 1. The summed E-state index contributed by atoms with van der Waals surface area (Å²) in [4.78, 5) is 41.0. The summed E-state index contributed by atoms with van der Waals surface area (Å²) in [6.07, 6.45) is 0.652. The van der Waals surface area contributed by atoms with E-state index in [2.05, 4.69) is 46.4 Å². The molecule has 0 fully saturated rings. The highest BCUT2D eigenvalue weighted by molar-refractivity contribution is 5.73. The predicted molar refractivity (Wildman–Crippen MR) is 148 cm³/mol. The van der Waals surface area contributed by atoms with Crippen molar-refractivity contribution in [3.8, 4) is 0 Å². The van der Waals surface area contributed by atoms with E-state index >= 15 is 0 Å². The number of carboxylic acids is 1. The standard InChI is InChI=1S/C29H56N2O6/c1-26(2,3)20-31(21-27(4,5)6)16-15-30(19-23(32)33)14-13-22(17-24(34)36-28(7,8)9)18-25(35)37-29(10,11)12/h22H,13-21H2,1-12H3,(H,32,33). The maximum atomic E-state index is 12.6. The molecule has 0 bridgehead atoms. The number of esters is 2. The van der Waals surface area contributed by atoms with Gasteiger partial charge in [0.2, 0.25) is 0 Å². The van der Waals surface area contributed by atoms with Gasteiger partial charge in [0.1, 0.15) is 11.2 Å². The van der Waals surface area contributed by atoms with Crippen LogP contribution in [0.25, 0.3) is 0 Å². The number of aliphatic carboxylic acids is 1. The van der Waals surface area contributed by atoms with Gasteiger partial charge in [-0.25, -0.2) is 0 Å². The van der Waals surface area contributed by atoms with E-state index < -0.39 is 17.2 Å². The first-order valence-electron chi connectivity index (χ1n) is 13.5. The molecule has 1 N–H and O–H groups in total. The topological polar surface area (TPSA) is 96.4 Å². The Morgan fingerprint density at radius 3 is 1.35 bits per heavy atom. The number of hydrogen-bond donors (Lipinski definition) is 1. The van der Waals surface area contributed by atoms with Crippen LogP contribution in [0.3, 0.4) is 0 Å². The zero-order chi connectivity index (χ0) is 29.2. The Bertz CT molecular complexity index is 677. The Morgan fingerprint density at radius 1 is 0.649 bits per heavy atom. The average molecular weight is 529 g/mol. The van der Waals surface area contributed by atoms with Crippen molar-refractivity contribution in [3.05, 3.63) is 0 Å². The van der Waals surface area contributed by atoms with Crippen LogP contribution in [-0.2, 0) is 23.9 Å². The summed E-state index contributed by atoms with van der Waals surface area (Å²) in [7, 11) is 0. The third-order valence-corrected chi connectivity index (χ3v) is 5.09. The summed E-state index contributed by atoms with van der Waals surface area (Å²) < 4.78 is 11.0. The third-order valence-electron chi connectivity index (χ3n) is 5.09. The number of hydrogen-bond acceptors (Lipinski definition) is 7. The molecule has 0 unspecified atom stereocenters. The Hall–Kier alpha value is -1.67. The summed E-state index contributed by atoms with van der Waals surface area (Å²) in [6, 6.07) is 0. The monoisotopic (exact) mass is 528 g/mol. The molecule has 0 spiro atoms. The minimum atomic E-state index is -0.894. The molecule has 0 aliphatic carbocycles. The molecule has 0 heterocycles. The molecule has 0 aromatic heterocycles. The van der Waals surface area contributed by atoms with Crippen LogP contribution in [0.4, 0.5) is 0 Å². The van der Waals surface area contributed by atoms with Crippen molar-refractivity contribution >= 4 is 17.9 Å². The molecule has 0 radical (unpaired) electrons. The Labute approximate surface area is 226 Å². The van der Waals surface area contributed by atoms with E-state index in [0.717, 1.165) is 19.6 Å². The summed E-state index contributed by atoms with van der Waals surface area (Å²) in [5.74, 6) is -1.94. The highest BCUT2D eigenvalue weighted by atomic mass is 16.6. The highest BCUT2D eigenvalue weighted by Gasteiger charge is 2.27. The first kappa shape index (κ1) is 35.3. The van der Waals surface area contributed by atoms with Crippen LogP contribution in [0.15, 0.2) is 0 Å². The van der Waals surface area contributed by atoms with E-state index in [1.807, 2.05) is 46.4 Å². The van der Waals surface area contributed by atoms with Crippen LogP contribution in [0.1, 0.15) is 102 Å². The number of ether oxygens (including phenoxy) is 2. The van der Waals surface area contributed by atoms with Gasteiger partial charge >= 0.3 is 17.9 Å². The van der Waals surface area contributed by atoms with Crippen molar-refractivity contribution in [2.45, 2.75) is 114 Å². The van der Waals surface area contributed by atoms with Gasteiger partial charge in [-0.3, -0.25) is 19.3 Å². The summed E-state index contributed by atoms with van der Waals surface area (Å²) in [6.45, 7) is 27.6. The van der Waals surface area contributed by atoms with Crippen LogP contribution in [0.2, 0.25) is 0 Å². The smallest absolute Gasteiger partial charge is 0.317 e. The maximum Gasteiger partial charge on any atom is 0.317 e. The molecule has 0 aliphatic heterocycles. The van der Waals surface area contributed by atoms with E-state index in [0.29, 0.717) is 19.5 Å². The maximum absolute atomic E-state index is 12.6. The van der Waals surface area contributed by atoms with Crippen molar-refractivity contribution in [2.75, 3.05) is 39.3 Å². The Balaban J connectivity index is 5.46. The lowest BCUT2D eigenvalue weighted by Gasteiger charge is -2.36. The molecule has 0 rings (SSSR count). The number of nitrogens with zero attached hydrogens (tertiary/aromatic N) is 2. The Morgan fingerprint density at radius 2 is 1.03 bits per heavy atom. The zero-order valence-electron chi connectivity index (χ0n) is 25.8. The van der Waals surface area contributed by atoms with Gasteiger partial charge in [0, 0.05) is 39.0 Å². The van der Waals surface area contributed by atoms with E-state index in [4.69, 9.17) is 9.47 Å². The van der Waals surface area contributed by atoms with Crippen LogP contribution in [0.5, 0.6) is 0 Å². The van der Waals surface area contributed by atoms with E-state index in [9.17, 15) is 19.5 Å². The second-order valence-corrected chi connectivity index (χ2v) is 14.7. The average Bonchev–Trinajstić information content (AvgIpc) is 2.57. The molecule has 218 valence electrons. The van der Waals surface area contributed by atoms with Gasteiger partial charge in [0.05, 0.1) is 6.54 Å². The first-order chi connectivity index (χ1) is 16.4. The molecular formula is C29H56N2O6. The molecule has 0 saturated carbocycles. The van der Waals surface area contributed by atoms with Crippen LogP contribution in [0, 0.1) is 16.7 Å². The van der Waals surface area contributed by atoms with Gasteiger partial charge in [0.25, 0.3) is 0 Å². The van der Waals surface area contributed by atoms with Gasteiger partial charge < -0.3 is 19.5 Å². The summed E-state index contributed by atoms with van der Waals surface area (Å²) >= 11 is 0. The molecule has 8 nitrogen and oxygen atoms in total. The molecule has 0 aromatic rings. The lowest BCUT2D eigenvalue weighted by atomic mass is 9.92. The quantitative estimate of drug-likeness (QED) is 0.306. The molecule has 8 heteroatoms. The highest BCUT2D eigenvalue weighted by Crippen LogP contribution is 2.22. The second-order valence-electron chi connectivity index (χ2n) is 14.7. The molecule has 0 aromatic carbocycles. The predicted octanol–water partition coefficient (Wildman–Crippen LogP) is 5.24. The minimum absolute atomic E-state index is 0.0809. The summed E-state index contributed by atoms with van der Waals surface area (Å²) in [5.41, 5.74) is -0.997. The molecule has 0 aliphatic rings. The van der Waals surface area contributed by atoms with Crippen molar-refractivity contribution < 1.29 is 29.0 Å². The third kappa shape index (κ3) is 22.1. The molecular weight excluding hydrogens is 472 g/mol. The van der Waals surface area contributed by atoms with E-state index in [1.165, 1.54) is 0 Å². The van der Waals surface area contributed by atoms with Gasteiger partial charge in [-0.2, -0.15) is 0 Å². The molecule has 37 heavy (non-hydrogen) atoms. The fourth-order valence-electron chi connectivity index (χ4n) is 4.18. The van der Waals surface area contributed by atoms with E-state index in [1.54, 1.807) is 0 Å². The summed E-state index contributed by atoms with van der Waals surface area (Å²) in [5, 5.41) is 9.53. The molecule has 0 saturated heterocycles. The minimum Gasteiger partial charge on any atom is -0.480 e. The number of carbonyl (C=O) groups excluding carboxylic acids is 2. The van der Waals surface area contributed by atoms with E-state index in [-0.39, 0.29) is 48.1 Å². The zero-order valence-corrected chi connectivity index (χ0v) is 25.8. The van der Waals surface area contributed by atoms with Crippen molar-refractivity contribution in [1.29, 1.82) is 0 Å². The van der Waals surface area contributed by atoms with Crippen molar-refractivity contribution in [3.63, 3.8) is 0 Å². The lowest BCUT2D eigenvalue weighted by Crippen LogP contribution is -2.44. The van der Waals surface area contributed by atoms with Crippen LogP contribution < -0.4 is 0 Å². The number of rotatable bonds is 14. The fourth-order valence-corrected chi connectivity index (χ4v) is 4.18. The Kier molecular flexibility index (Phi) is 13.8. The van der Waals surface area contributed by atoms with Gasteiger partial charge in [-0.1, -0.05) is 41.5 Å². The molecule has 0 amide bonds. The lowest BCUT2D eigenvalue weighted by molar-refractivity contribution is -0.159. The van der Waals surface area contributed by atoms with Crippen LogP contribution in [-0.4, -0.2) is 83.3 Å². The van der Waals surface area contributed by atoms with Gasteiger partial charge in [-0.05, 0) is 71.3 Å². The first-order valence-corrected chi connectivity index (χ1v) is 13.5. The number of carbonyl (C=O) groups is 3. The van der Waals surface area contributed by atoms with Gasteiger partial charge in [0.15, 0.2) is 0 Å². The van der Waals surface area contributed by atoms with Gasteiger partial charge in [-0.15, -0.1) is 0 Å². The fraction of sp³-hybridized carbons (Fsp3) is 0.897. The largest absolute Gasteiger partial charge is 0.480 e. The van der Waals surface area contributed by atoms with Crippen LogP contribution >= 0.6 is 0 Å². The second kappa shape index (κ2) is 14.5.